The Morgan fingerprint density at radius 2 is 1.41 bits per heavy atom. The molecule has 0 saturated carbocycles. The van der Waals surface area contributed by atoms with E-state index in [9.17, 15) is 13.5 Å². The summed E-state index contributed by atoms with van der Waals surface area (Å²) in [5.74, 6) is -0.0949. The highest BCUT2D eigenvalue weighted by atomic mass is 32.2. The fourth-order valence-corrected chi connectivity index (χ4v) is 4.71. The Morgan fingerprint density at radius 1 is 0.889 bits per heavy atom. The molecule has 4 nitrogen and oxygen atoms in total. The number of phenolic OH excluding ortho intramolecular Hbond substituents is 1. The first kappa shape index (κ1) is 23.8. The molecule has 27 heavy (non-hydrogen) atoms. The molecule has 5 heteroatoms. The van der Waals surface area contributed by atoms with Gasteiger partial charge in [-0.1, -0.05) is 84.1 Å². The van der Waals surface area contributed by atoms with E-state index >= 15 is 0 Å². The Bertz CT molecular complexity index is 625. The lowest BCUT2D eigenvalue weighted by Gasteiger charge is -2.18. The first-order valence-electron chi connectivity index (χ1n) is 10.6. The molecule has 1 rings (SSSR count). The van der Waals surface area contributed by atoms with Crippen LogP contribution in [0.25, 0.3) is 0 Å². The summed E-state index contributed by atoms with van der Waals surface area (Å²) < 4.78 is 30.9. The van der Waals surface area contributed by atoms with E-state index in [0.717, 1.165) is 37.7 Å². The molecule has 0 spiro atoms. The van der Waals surface area contributed by atoms with Crippen LogP contribution >= 0.6 is 0 Å². The molecule has 0 aromatic heterocycles. The van der Waals surface area contributed by atoms with Crippen molar-refractivity contribution in [3.63, 3.8) is 0 Å². The SMILES string of the molecule is CCCCCCCCCC(CCCCC)S(=O)(=O)Oc1ccc(C)cc1O. The maximum Gasteiger partial charge on any atom is 0.312 e. The first-order valence-corrected chi connectivity index (χ1v) is 12.1. The smallest absolute Gasteiger partial charge is 0.312 e. The summed E-state index contributed by atoms with van der Waals surface area (Å²) in [5.41, 5.74) is 0.861. The first-order chi connectivity index (χ1) is 12.9. The minimum absolute atomic E-state index is 0.0284. The van der Waals surface area contributed by atoms with Gasteiger partial charge >= 0.3 is 10.1 Å². The zero-order valence-electron chi connectivity index (χ0n) is 17.4. The maximum atomic E-state index is 12.8. The van der Waals surface area contributed by atoms with Gasteiger partial charge in [0.15, 0.2) is 11.5 Å². The van der Waals surface area contributed by atoms with Gasteiger partial charge in [0.05, 0.1) is 5.25 Å². The molecule has 0 heterocycles. The number of aromatic hydroxyl groups is 1. The second-order valence-corrected chi connectivity index (χ2v) is 9.39. The summed E-state index contributed by atoms with van der Waals surface area (Å²) in [6.45, 7) is 6.16. The highest BCUT2D eigenvalue weighted by Gasteiger charge is 2.27. The van der Waals surface area contributed by atoms with E-state index in [1.165, 1.54) is 44.2 Å². The van der Waals surface area contributed by atoms with Crippen LogP contribution in [0, 0.1) is 6.92 Å². The van der Waals surface area contributed by atoms with Gasteiger partial charge in [-0.15, -0.1) is 0 Å². The lowest BCUT2D eigenvalue weighted by Crippen LogP contribution is -2.26. The standard InChI is InChI=1S/C22H38O4S/c1-4-6-8-9-10-11-13-15-20(14-12-7-5-2)27(24,25)26-22-17-16-19(3)18-21(22)23/h16-18,20,23H,4-15H2,1-3H3. The van der Waals surface area contributed by atoms with E-state index in [0.29, 0.717) is 12.8 Å². The third-order valence-electron chi connectivity index (χ3n) is 4.99. The van der Waals surface area contributed by atoms with Crippen molar-refractivity contribution in [1.82, 2.24) is 0 Å². The molecule has 0 aliphatic heterocycles. The number of benzene rings is 1. The molecule has 0 amide bonds. The number of rotatable bonds is 15. The molecule has 1 aromatic rings. The van der Waals surface area contributed by atoms with Gasteiger partial charge in [-0.3, -0.25) is 0 Å². The summed E-state index contributed by atoms with van der Waals surface area (Å²) in [7, 11) is -3.75. The van der Waals surface area contributed by atoms with Crippen LogP contribution < -0.4 is 4.18 Å². The molecule has 0 saturated heterocycles. The fourth-order valence-electron chi connectivity index (χ4n) is 3.28. The highest BCUT2D eigenvalue weighted by molar-refractivity contribution is 7.87. The van der Waals surface area contributed by atoms with Gasteiger partial charge in [-0.2, -0.15) is 8.42 Å². The summed E-state index contributed by atoms with van der Waals surface area (Å²) in [6, 6.07) is 4.79. The molecule has 0 fully saturated rings. The van der Waals surface area contributed by atoms with Crippen LogP contribution in [0.3, 0.4) is 0 Å². The van der Waals surface area contributed by atoms with Gasteiger partial charge < -0.3 is 9.29 Å². The second kappa shape index (κ2) is 13.0. The Morgan fingerprint density at radius 3 is 2.00 bits per heavy atom. The van der Waals surface area contributed by atoms with E-state index in [4.69, 9.17) is 4.18 Å². The van der Waals surface area contributed by atoms with Crippen molar-refractivity contribution in [3.05, 3.63) is 23.8 Å². The monoisotopic (exact) mass is 398 g/mol. The highest BCUT2D eigenvalue weighted by Crippen LogP contribution is 2.30. The quantitative estimate of drug-likeness (QED) is 0.270. The van der Waals surface area contributed by atoms with Crippen LogP contribution in [0.5, 0.6) is 11.5 Å². The Labute approximate surface area is 166 Å². The lowest BCUT2D eigenvalue weighted by molar-refractivity contribution is 0.414. The molecule has 1 N–H and O–H groups in total. The molecule has 1 aromatic carbocycles. The van der Waals surface area contributed by atoms with Crippen LogP contribution in [-0.4, -0.2) is 18.8 Å². The Hall–Kier alpha value is -1.23. The zero-order valence-corrected chi connectivity index (χ0v) is 18.2. The number of phenols is 1. The third-order valence-corrected chi connectivity index (χ3v) is 6.69. The molecule has 156 valence electrons. The van der Waals surface area contributed by atoms with Gasteiger partial charge in [-0.05, 0) is 37.5 Å². The summed E-state index contributed by atoms with van der Waals surface area (Å²) in [6.07, 6.45) is 12.4. The third kappa shape index (κ3) is 9.50. The van der Waals surface area contributed by atoms with E-state index < -0.39 is 15.4 Å². The normalized spacial score (nSPS) is 12.9. The van der Waals surface area contributed by atoms with Crippen molar-refractivity contribution in [2.75, 3.05) is 0 Å². The number of unbranched alkanes of at least 4 members (excludes halogenated alkanes) is 8. The van der Waals surface area contributed by atoms with Gasteiger partial charge in [0.2, 0.25) is 0 Å². The average Bonchev–Trinajstić information content (AvgIpc) is 2.61. The van der Waals surface area contributed by atoms with Crippen LogP contribution in [0.4, 0.5) is 0 Å². The molecule has 0 radical (unpaired) electrons. The predicted molar refractivity (Wildman–Crippen MR) is 113 cm³/mol. The summed E-state index contributed by atoms with van der Waals surface area (Å²) in [5, 5.41) is 9.48. The van der Waals surface area contributed by atoms with Crippen molar-refractivity contribution in [3.8, 4) is 11.5 Å². The number of aryl methyl sites for hydroxylation is 1. The second-order valence-electron chi connectivity index (χ2n) is 7.58. The molecule has 0 bridgehead atoms. The maximum absolute atomic E-state index is 12.8. The Balaban J connectivity index is 2.63. The van der Waals surface area contributed by atoms with Crippen LogP contribution in [0.15, 0.2) is 18.2 Å². The zero-order chi connectivity index (χ0) is 20.1. The van der Waals surface area contributed by atoms with Gasteiger partial charge in [-0.25, -0.2) is 0 Å². The lowest BCUT2D eigenvalue weighted by atomic mass is 10.0. The van der Waals surface area contributed by atoms with Crippen LogP contribution in [0.2, 0.25) is 0 Å². The van der Waals surface area contributed by atoms with E-state index in [-0.39, 0.29) is 11.5 Å². The molecule has 0 aliphatic rings. The molecular weight excluding hydrogens is 360 g/mol. The largest absolute Gasteiger partial charge is 0.504 e. The van der Waals surface area contributed by atoms with Gasteiger partial charge in [0, 0.05) is 0 Å². The molecular formula is C22H38O4S. The van der Waals surface area contributed by atoms with Gasteiger partial charge in [0.25, 0.3) is 0 Å². The topological polar surface area (TPSA) is 63.6 Å². The van der Waals surface area contributed by atoms with Crippen molar-refractivity contribution < 1.29 is 17.7 Å². The van der Waals surface area contributed by atoms with Crippen molar-refractivity contribution in [1.29, 1.82) is 0 Å². The fraction of sp³-hybridized carbons (Fsp3) is 0.727. The summed E-state index contributed by atoms with van der Waals surface area (Å²) >= 11 is 0. The van der Waals surface area contributed by atoms with E-state index in [2.05, 4.69) is 13.8 Å². The van der Waals surface area contributed by atoms with Crippen LogP contribution in [0.1, 0.15) is 96.5 Å². The molecule has 1 unspecified atom stereocenters. The number of hydrogen-bond acceptors (Lipinski definition) is 4. The van der Waals surface area contributed by atoms with Crippen molar-refractivity contribution in [2.24, 2.45) is 0 Å². The minimum atomic E-state index is -3.75. The summed E-state index contributed by atoms with van der Waals surface area (Å²) in [4.78, 5) is 0. The van der Waals surface area contributed by atoms with E-state index in [1.807, 2.05) is 6.92 Å². The van der Waals surface area contributed by atoms with E-state index in [1.54, 1.807) is 6.07 Å². The average molecular weight is 399 g/mol. The number of hydrogen-bond donors (Lipinski definition) is 1. The predicted octanol–water partition coefficient (Wildman–Crippen LogP) is 6.50. The molecule has 1 atom stereocenters. The van der Waals surface area contributed by atoms with Crippen molar-refractivity contribution in [2.45, 2.75) is 103 Å². The minimum Gasteiger partial charge on any atom is -0.504 e. The van der Waals surface area contributed by atoms with Crippen molar-refractivity contribution >= 4 is 10.1 Å². The molecule has 0 aliphatic carbocycles. The van der Waals surface area contributed by atoms with Gasteiger partial charge in [0.1, 0.15) is 0 Å². The Kier molecular flexibility index (Phi) is 11.5. The van der Waals surface area contributed by atoms with Crippen LogP contribution in [-0.2, 0) is 10.1 Å².